The van der Waals surface area contributed by atoms with Gasteiger partial charge in [-0.05, 0) is 6.42 Å². The van der Waals surface area contributed by atoms with Crippen LogP contribution >= 0.6 is 12.2 Å². The Balaban J connectivity index is 2.49. The molecule has 0 aromatic carbocycles. The van der Waals surface area contributed by atoms with Crippen LogP contribution in [0.5, 0.6) is 0 Å². The van der Waals surface area contributed by atoms with Crippen molar-refractivity contribution in [2.45, 2.75) is 6.42 Å². The van der Waals surface area contributed by atoms with E-state index in [-0.39, 0.29) is 0 Å². The van der Waals surface area contributed by atoms with Gasteiger partial charge in [-0.2, -0.15) is 0 Å². The second-order valence-electron chi connectivity index (χ2n) is 1.67. The summed E-state index contributed by atoms with van der Waals surface area (Å²) in [6, 6.07) is 0. The van der Waals surface area contributed by atoms with Gasteiger partial charge in [0.1, 0.15) is 5.84 Å². The fraction of sp³-hybridized carbons (Fsp3) is 0.600. The van der Waals surface area contributed by atoms with E-state index >= 15 is 0 Å². The van der Waals surface area contributed by atoms with Crippen molar-refractivity contribution in [1.82, 2.24) is 5.32 Å². The van der Waals surface area contributed by atoms with Crippen molar-refractivity contribution < 1.29 is 0 Å². The highest BCUT2D eigenvalue weighted by Gasteiger charge is 1.97. The van der Waals surface area contributed by atoms with Crippen LogP contribution in [0.4, 0.5) is 0 Å². The summed E-state index contributed by atoms with van der Waals surface area (Å²) >= 11 is 4.65. The third-order valence-corrected chi connectivity index (χ3v) is 1.26. The Morgan fingerprint density at radius 3 is 3.00 bits per heavy atom. The summed E-state index contributed by atoms with van der Waals surface area (Å²) in [7, 11) is 0. The minimum atomic E-state index is 0.867. The number of amidine groups is 1. The van der Waals surface area contributed by atoms with Gasteiger partial charge in [0.05, 0.1) is 0 Å². The zero-order valence-electron chi connectivity index (χ0n) is 4.55. The fourth-order valence-electron chi connectivity index (χ4n) is 0.630. The van der Waals surface area contributed by atoms with Gasteiger partial charge in [0.2, 0.25) is 0 Å². The van der Waals surface area contributed by atoms with Crippen LogP contribution in [0.3, 0.4) is 0 Å². The summed E-state index contributed by atoms with van der Waals surface area (Å²) in [4.78, 5) is 4.09. The highest BCUT2D eigenvalue weighted by atomic mass is 32.1. The summed E-state index contributed by atoms with van der Waals surface area (Å²) in [6.07, 6.45) is 1.13. The number of nitrogens with zero attached hydrogens (tertiary/aromatic N) is 1. The molecule has 0 spiro atoms. The molecule has 1 aliphatic heterocycles. The van der Waals surface area contributed by atoms with Crippen LogP contribution in [-0.4, -0.2) is 24.3 Å². The number of nitrogens with one attached hydrogen (secondary N) is 1. The van der Waals surface area contributed by atoms with Crippen LogP contribution in [0.15, 0.2) is 4.99 Å². The van der Waals surface area contributed by atoms with Crippen molar-refractivity contribution in [2.24, 2.45) is 4.99 Å². The molecule has 0 aromatic rings. The van der Waals surface area contributed by atoms with Crippen molar-refractivity contribution in [3.05, 3.63) is 0 Å². The normalized spacial score (nSPS) is 18.8. The van der Waals surface area contributed by atoms with Crippen LogP contribution < -0.4 is 5.32 Å². The third-order valence-electron chi connectivity index (χ3n) is 1.03. The summed E-state index contributed by atoms with van der Waals surface area (Å²) in [6.45, 7) is 1.95. The average Bonchev–Trinajstić information content (AvgIpc) is 1.90. The molecule has 0 aromatic heterocycles. The molecule has 3 heteroatoms. The third kappa shape index (κ3) is 1.26. The van der Waals surface area contributed by atoms with E-state index in [0.717, 1.165) is 25.3 Å². The molecular formula is C5H8N2S. The van der Waals surface area contributed by atoms with Crippen LogP contribution in [0.25, 0.3) is 0 Å². The van der Waals surface area contributed by atoms with Crippen LogP contribution in [0.1, 0.15) is 6.42 Å². The number of hydrogen-bond acceptors (Lipinski definition) is 3. The molecule has 0 saturated heterocycles. The standard InChI is InChI=1S/C5H8N2S/c8-4-5-6-2-1-3-7-5/h4H,1-3H2,(H,6,7). The Hall–Kier alpha value is -0.440. The summed E-state index contributed by atoms with van der Waals surface area (Å²) < 4.78 is 0. The number of thiocarbonyl (C=S) groups is 1. The van der Waals surface area contributed by atoms with Crippen LogP contribution in [-0.2, 0) is 0 Å². The molecule has 8 heavy (non-hydrogen) atoms. The first-order valence-electron chi connectivity index (χ1n) is 2.67. The predicted molar refractivity (Wildman–Crippen MR) is 38.6 cm³/mol. The highest BCUT2D eigenvalue weighted by molar-refractivity contribution is 7.80. The Morgan fingerprint density at radius 2 is 2.62 bits per heavy atom. The maximum absolute atomic E-state index is 4.65. The number of rotatable bonds is 1. The Morgan fingerprint density at radius 1 is 1.75 bits per heavy atom. The van der Waals surface area contributed by atoms with Gasteiger partial charge >= 0.3 is 0 Å². The molecule has 0 unspecified atom stereocenters. The molecule has 0 radical (unpaired) electrons. The van der Waals surface area contributed by atoms with E-state index in [2.05, 4.69) is 22.5 Å². The first-order valence-corrected chi connectivity index (χ1v) is 3.14. The van der Waals surface area contributed by atoms with E-state index in [4.69, 9.17) is 0 Å². The smallest absolute Gasteiger partial charge is 0.131 e. The highest BCUT2D eigenvalue weighted by Crippen LogP contribution is 1.86. The molecule has 1 rings (SSSR count). The van der Waals surface area contributed by atoms with Crippen molar-refractivity contribution in [3.63, 3.8) is 0 Å². The van der Waals surface area contributed by atoms with Gasteiger partial charge in [0, 0.05) is 18.5 Å². The lowest BCUT2D eigenvalue weighted by molar-refractivity contribution is 0.749. The van der Waals surface area contributed by atoms with Gasteiger partial charge in [-0.25, -0.2) is 0 Å². The summed E-state index contributed by atoms with van der Waals surface area (Å²) in [5.41, 5.74) is 0. The van der Waals surface area contributed by atoms with Gasteiger partial charge in [0.15, 0.2) is 0 Å². The van der Waals surface area contributed by atoms with Gasteiger partial charge in [-0.15, -0.1) is 0 Å². The minimum Gasteiger partial charge on any atom is -0.370 e. The lowest BCUT2D eigenvalue weighted by Crippen LogP contribution is -2.29. The Labute approximate surface area is 54.0 Å². The summed E-state index contributed by atoms with van der Waals surface area (Å²) in [5, 5.41) is 4.64. The second-order valence-corrected chi connectivity index (χ2v) is 1.90. The van der Waals surface area contributed by atoms with Crippen molar-refractivity contribution in [1.29, 1.82) is 0 Å². The quantitative estimate of drug-likeness (QED) is 0.516. The molecule has 0 bridgehead atoms. The predicted octanol–water partition coefficient (Wildman–Crippen LogP) is 0.378. The average molecular weight is 128 g/mol. The minimum absolute atomic E-state index is 0.867. The van der Waals surface area contributed by atoms with Crippen LogP contribution in [0, 0.1) is 0 Å². The molecule has 1 aliphatic rings. The Kier molecular flexibility index (Phi) is 1.97. The first kappa shape index (κ1) is 5.69. The molecule has 1 N–H and O–H groups in total. The van der Waals surface area contributed by atoms with Gasteiger partial charge in [0.25, 0.3) is 0 Å². The Bertz CT molecular complexity index is 120. The molecule has 0 amide bonds. The van der Waals surface area contributed by atoms with Crippen molar-refractivity contribution in [3.8, 4) is 0 Å². The van der Waals surface area contributed by atoms with Crippen LogP contribution in [0.2, 0.25) is 0 Å². The zero-order valence-corrected chi connectivity index (χ0v) is 5.37. The number of aliphatic imine (C=N–C) groups is 1. The van der Waals surface area contributed by atoms with E-state index < -0.39 is 0 Å². The van der Waals surface area contributed by atoms with E-state index in [9.17, 15) is 0 Å². The van der Waals surface area contributed by atoms with Gasteiger partial charge in [-0.1, -0.05) is 12.2 Å². The monoisotopic (exact) mass is 128 g/mol. The lowest BCUT2D eigenvalue weighted by Gasteiger charge is -2.08. The van der Waals surface area contributed by atoms with E-state index in [1.807, 2.05) is 0 Å². The molecule has 0 aliphatic carbocycles. The molecule has 0 atom stereocenters. The second kappa shape index (κ2) is 2.77. The van der Waals surface area contributed by atoms with E-state index in [1.54, 1.807) is 5.37 Å². The van der Waals surface area contributed by atoms with Crippen molar-refractivity contribution in [2.75, 3.05) is 13.1 Å². The van der Waals surface area contributed by atoms with E-state index in [1.165, 1.54) is 0 Å². The lowest BCUT2D eigenvalue weighted by atomic mass is 10.4. The first-order chi connectivity index (χ1) is 3.93. The fourth-order valence-corrected chi connectivity index (χ4v) is 0.788. The number of hydrogen-bond donors (Lipinski definition) is 1. The molecule has 0 saturated carbocycles. The topological polar surface area (TPSA) is 24.4 Å². The molecular weight excluding hydrogens is 120 g/mol. The maximum atomic E-state index is 4.65. The van der Waals surface area contributed by atoms with Crippen molar-refractivity contribution >= 4 is 23.4 Å². The molecule has 44 valence electrons. The van der Waals surface area contributed by atoms with E-state index in [0.29, 0.717) is 0 Å². The van der Waals surface area contributed by atoms with Gasteiger partial charge < -0.3 is 5.32 Å². The SMILES string of the molecule is S=CC1=NCCCN1. The zero-order chi connectivity index (χ0) is 5.82. The maximum Gasteiger partial charge on any atom is 0.131 e. The molecule has 2 nitrogen and oxygen atoms in total. The van der Waals surface area contributed by atoms with Gasteiger partial charge in [-0.3, -0.25) is 4.99 Å². The molecule has 0 fully saturated rings. The molecule has 1 heterocycles. The largest absolute Gasteiger partial charge is 0.370 e. The summed E-state index contributed by atoms with van der Waals surface area (Å²) in [5.74, 6) is 0.867.